The number of primary amides is 1. The van der Waals surface area contributed by atoms with Crippen molar-refractivity contribution in [2.24, 2.45) is 5.73 Å². The van der Waals surface area contributed by atoms with E-state index in [0.717, 1.165) is 27.5 Å². The van der Waals surface area contributed by atoms with Crippen molar-refractivity contribution in [3.05, 3.63) is 64.7 Å². The Hall–Kier alpha value is -2.77. The lowest BCUT2D eigenvalue weighted by atomic mass is 10.1. The van der Waals surface area contributed by atoms with Gasteiger partial charge in [0.25, 0.3) is 0 Å². The summed E-state index contributed by atoms with van der Waals surface area (Å²) < 4.78 is 0. The van der Waals surface area contributed by atoms with Crippen molar-refractivity contribution in [2.75, 3.05) is 23.3 Å². The second-order valence-electron chi connectivity index (χ2n) is 6.07. The molecule has 0 bridgehead atoms. The molecule has 0 aliphatic rings. The van der Waals surface area contributed by atoms with Crippen LogP contribution in [-0.4, -0.2) is 28.2 Å². The maximum absolute atomic E-state index is 11.1. The summed E-state index contributed by atoms with van der Waals surface area (Å²) in [6.07, 6.45) is 0. The number of nitrogens with zero attached hydrogens (tertiary/aromatic N) is 2. The lowest BCUT2D eigenvalue weighted by Gasteiger charge is -2.11. The second-order valence-corrected chi connectivity index (χ2v) is 7.65. The summed E-state index contributed by atoms with van der Waals surface area (Å²) in [5.74, 6) is 1.25. The standard InChI is InChI=1S/C20H20ClN5OS/c1-12-15(3-2-4-16(12)21)17-11-18(26-20(23)25-17)24-9-10-28-14-7-5-13(6-8-14)19(22)27/h2-8,11H,9-10H2,1H3,(H2,22,27)(H3,23,24,25,26). The molecule has 0 atom stereocenters. The molecule has 1 heterocycles. The summed E-state index contributed by atoms with van der Waals surface area (Å²) in [6, 6.07) is 14.8. The van der Waals surface area contributed by atoms with E-state index in [1.165, 1.54) is 0 Å². The molecule has 0 aliphatic heterocycles. The first-order valence-corrected chi connectivity index (χ1v) is 9.97. The highest BCUT2D eigenvalue weighted by Gasteiger charge is 2.09. The number of thioether (sulfide) groups is 1. The molecule has 0 saturated carbocycles. The number of benzene rings is 2. The number of amides is 1. The zero-order valence-electron chi connectivity index (χ0n) is 15.3. The average Bonchev–Trinajstić information content (AvgIpc) is 2.67. The highest BCUT2D eigenvalue weighted by Crippen LogP contribution is 2.28. The molecule has 0 saturated heterocycles. The van der Waals surface area contributed by atoms with E-state index in [2.05, 4.69) is 15.3 Å². The van der Waals surface area contributed by atoms with Gasteiger partial charge in [-0.25, -0.2) is 4.98 Å². The lowest BCUT2D eigenvalue weighted by molar-refractivity contribution is 0.1000. The van der Waals surface area contributed by atoms with E-state index in [1.54, 1.807) is 23.9 Å². The molecule has 28 heavy (non-hydrogen) atoms. The third kappa shape index (κ3) is 4.94. The van der Waals surface area contributed by atoms with Crippen LogP contribution in [0.4, 0.5) is 11.8 Å². The molecular weight excluding hydrogens is 394 g/mol. The van der Waals surface area contributed by atoms with Crippen molar-refractivity contribution in [3.8, 4) is 11.3 Å². The Labute approximate surface area is 172 Å². The molecule has 5 N–H and O–H groups in total. The van der Waals surface area contributed by atoms with Gasteiger partial charge in [0, 0.05) is 39.4 Å². The fraction of sp³-hybridized carbons (Fsp3) is 0.150. The molecule has 0 aliphatic carbocycles. The van der Waals surface area contributed by atoms with E-state index >= 15 is 0 Å². The first-order valence-electron chi connectivity index (χ1n) is 8.60. The van der Waals surface area contributed by atoms with Crippen molar-refractivity contribution in [2.45, 2.75) is 11.8 Å². The number of nitrogen functional groups attached to an aromatic ring is 1. The Bertz CT molecular complexity index is 994. The van der Waals surface area contributed by atoms with Gasteiger partial charge >= 0.3 is 0 Å². The molecule has 0 unspecified atom stereocenters. The molecule has 6 nitrogen and oxygen atoms in total. The molecule has 2 aromatic carbocycles. The van der Waals surface area contributed by atoms with Crippen LogP contribution < -0.4 is 16.8 Å². The minimum absolute atomic E-state index is 0.203. The Morgan fingerprint density at radius 2 is 1.93 bits per heavy atom. The Balaban J connectivity index is 1.62. The average molecular weight is 414 g/mol. The van der Waals surface area contributed by atoms with Gasteiger partial charge in [-0.15, -0.1) is 11.8 Å². The molecule has 3 aromatic rings. The topological polar surface area (TPSA) is 107 Å². The normalized spacial score (nSPS) is 10.6. The second kappa shape index (κ2) is 8.95. The van der Waals surface area contributed by atoms with Crippen LogP contribution in [0.3, 0.4) is 0 Å². The van der Waals surface area contributed by atoms with E-state index in [9.17, 15) is 4.79 Å². The number of carbonyl (C=O) groups excluding carboxylic acids is 1. The molecule has 0 radical (unpaired) electrons. The first-order chi connectivity index (χ1) is 13.4. The monoisotopic (exact) mass is 413 g/mol. The molecular formula is C20H20ClN5OS. The SMILES string of the molecule is Cc1c(Cl)cccc1-c1cc(NCCSc2ccc(C(N)=O)cc2)nc(N)n1. The molecule has 1 aromatic heterocycles. The van der Waals surface area contributed by atoms with Crippen molar-refractivity contribution >= 4 is 41.0 Å². The van der Waals surface area contributed by atoms with Crippen LogP contribution in [0.25, 0.3) is 11.3 Å². The first kappa shape index (κ1) is 20.0. The quantitative estimate of drug-likeness (QED) is 0.399. The number of nitrogens with two attached hydrogens (primary N) is 2. The number of rotatable bonds is 7. The van der Waals surface area contributed by atoms with Crippen molar-refractivity contribution < 1.29 is 4.79 Å². The highest BCUT2D eigenvalue weighted by molar-refractivity contribution is 7.99. The molecule has 0 fully saturated rings. The van der Waals surface area contributed by atoms with E-state index in [1.807, 2.05) is 43.3 Å². The van der Waals surface area contributed by atoms with Crippen LogP contribution in [0, 0.1) is 6.92 Å². The minimum Gasteiger partial charge on any atom is -0.369 e. The number of halogens is 1. The van der Waals surface area contributed by atoms with Gasteiger partial charge in [0.2, 0.25) is 11.9 Å². The molecule has 1 amide bonds. The molecule has 3 rings (SSSR count). The van der Waals surface area contributed by atoms with Gasteiger partial charge in [-0.3, -0.25) is 4.79 Å². The third-order valence-electron chi connectivity index (χ3n) is 4.10. The van der Waals surface area contributed by atoms with Crippen molar-refractivity contribution in [1.82, 2.24) is 9.97 Å². The Kier molecular flexibility index (Phi) is 6.38. The number of nitrogens with one attached hydrogen (secondary N) is 1. The Morgan fingerprint density at radius 3 is 2.64 bits per heavy atom. The molecule has 0 spiro atoms. The molecule has 8 heteroatoms. The smallest absolute Gasteiger partial charge is 0.248 e. The number of hydrogen-bond donors (Lipinski definition) is 3. The van der Waals surface area contributed by atoms with Gasteiger partial charge in [0.1, 0.15) is 5.82 Å². The minimum atomic E-state index is -0.426. The van der Waals surface area contributed by atoms with Crippen LogP contribution in [0.5, 0.6) is 0 Å². The fourth-order valence-electron chi connectivity index (χ4n) is 2.64. The Morgan fingerprint density at radius 1 is 1.18 bits per heavy atom. The predicted octanol–water partition coefficient (Wildman–Crippen LogP) is 3.99. The van der Waals surface area contributed by atoms with Crippen LogP contribution in [0.15, 0.2) is 53.4 Å². The van der Waals surface area contributed by atoms with Gasteiger partial charge < -0.3 is 16.8 Å². The highest BCUT2D eigenvalue weighted by atomic mass is 35.5. The number of carbonyl (C=O) groups is 1. The summed E-state index contributed by atoms with van der Waals surface area (Å²) in [6.45, 7) is 2.63. The third-order valence-corrected chi connectivity index (χ3v) is 5.53. The van der Waals surface area contributed by atoms with E-state index in [4.69, 9.17) is 23.1 Å². The predicted molar refractivity (Wildman–Crippen MR) is 116 cm³/mol. The largest absolute Gasteiger partial charge is 0.369 e. The van der Waals surface area contributed by atoms with E-state index in [0.29, 0.717) is 22.9 Å². The van der Waals surface area contributed by atoms with Gasteiger partial charge in [-0.1, -0.05) is 23.7 Å². The summed E-state index contributed by atoms with van der Waals surface area (Å²) >= 11 is 7.87. The van der Waals surface area contributed by atoms with Crippen LogP contribution in [0.1, 0.15) is 15.9 Å². The molecule has 144 valence electrons. The van der Waals surface area contributed by atoms with Crippen LogP contribution in [0.2, 0.25) is 5.02 Å². The van der Waals surface area contributed by atoms with Gasteiger partial charge in [-0.05, 0) is 42.8 Å². The number of hydrogen-bond acceptors (Lipinski definition) is 6. The summed E-state index contributed by atoms with van der Waals surface area (Å²) in [4.78, 5) is 20.7. The van der Waals surface area contributed by atoms with Gasteiger partial charge in [0.05, 0.1) is 5.69 Å². The summed E-state index contributed by atoms with van der Waals surface area (Å²) in [5.41, 5.74) is 14.2. The zero-order valence-corrected chi connectivity index (χ0v) is 16.8. The van der Waals surface area contributed by atoms with Crippen molar-refractivity contribution in [1.29, 1.82) is 0 Å². The maximum Gasteiger partial charge on any atom is 0.248 e. The van der Waals surface area contributed by atoms with Gasteiger partial charge in [0.15, 0.2) is 0 Å². The number of anilines is 2. The van der Waals surface area contributed by atoms with Crippen molar-refractivity contribution in [3.63, 3.8) is 0 Å². The number of aromatic nitrogens is 2. The van der Waals surface area contributed by atoms with Gasteiger partial charge in [-0.2, -0.15) is 4.98 Å². The van der Waals surface area contributed by atoms with Crippen LogP contribution >= 0.6 is 23.4 Å². The lowest BCUT2D eigenvalue weighted by Crippen LogP contribution is -2.10. The summed E-state index contributed by atoms with van der Waals surface area (Å²) in [5, 5.41) is 3.95. The zero-order chi connectivity index (χ0) is 20.1. The van der Waals surface area contributed by atoms with E-state index < -0.39 is 5.91 Å². The van der Waals surface area contributed by atoms with Crippen LogP contribution in [-0.2, 0) is 0 Å². The fourth-order valence-corrected chi connectivity index (χ4v) is 3.59. The summed E-state index contributed by atoms with van der Waals surface area (Å²) in [7, 11) is 0. The maximum atomic E-state index is 11.1. The van der Waals surface area contributed by atoms with E-state index in [-0.39, 0.29) is 5.95 Å².